The van der Waals surface area contributed by atoms with E-state index in [2.05, 4.69) is 33.4 Å². The zero-order valence-electron chi connectivity index (χ0n) is 22.8. The molecule has 0 bridgehead atoms. The molecular weight excluding hydrogens is 542 g/mol. The van der Waals surface area contributed by atoms with Gasteiger partial charge < -0.3 is 14.4 Å². The Balaban J connectivity index is 1.76. The van der Waals surface area contributed by atoms with Crippen molar-refractivity contribution in [3.8, 4) is 16.9 Å². The summed E-state index contributed by atoms with van der Waals surface area (Å²) in [5.41, 5.74) is 5.51. The van der Waals surface area contributed by atoms with Gasteiger partial charge in [-0.25, -0.2) is 23.4 Å². The van der Waals surface area contributed by atoms with E-state index in [4.69, 9.17) is 26.1 Å². The maximum Gasteiger partial charge on any atom is 0.303 e. The summed E-state index contributed by atoms with van der Waals surface area (Å²) in [7, 11) is -3.53. The minimum absolute atomic E-state index is 0.000846. The summed E-state index contributed by atoms with van der Waals surface area (Å²) in [5, 5.41) is 0.0649. The normalized spacial score (nSPS) is 13.5. The third-order valence-corrected chi connectivity index (χ3v) is 7.12. The van der Waals surface area contributed by atoms with Crippen molar-refractivity contribution in [3.63, 3.8) is 0 Å². The summed E-state index contributed by atoms with van der Waals surface area (Å²) >= 11 is 6.15. The maximum atomic E-state index is 11.8. The quantitative estimate of drug-likeness (QED) is 0.314. The Morgan fingerprint density at radius 3 is 2.62 bits per heavy atom. The van der Waals surface area contributed by atoms with Crippen molar-refractivity contribution in [3.05, 3.63) is 57.8 Å². The number of aromatic nitrogens is 3. The Hall–Kier alpha value is -3.44. The maximum absolute atomic E-state index is 11.8. The van der Waals surface area contributed by atoms with Crippen molar-refractivity contribution >= 4 is 39.1 Å². The molecule has 0 radical (unpaired) electrons. The van der Waals surface area contributed by atoms with Gasteiger partial charge in [0.15, 0.2) is 17.6 Å². The van der Waals surface area contributed by atoms with Crippen LogP contribution >= 0.6 is 11.6 Å². The highest BCUT2D eigenvalue weighted by molar-refractivity contribution is 7.92. The molecule has 0 aliphatic carbocycles. The second kappa shape index (κ2) is 11.4. The fourth-order valence-corrected chi connectivity index (χ4v) is 5.47. The Labute approximate surface area is 233 Å². The van der Waals surface area contributed by atoms with Crippen LogP contribution in [-0.4, -0.2) is 48.7 Å². The predicted molar refractivity (Wildman–Crippen MR) is 151 cm³/mol. The predicted octanol–water partition coefficient (Wildman–Crippen LogP) is 4.77. The van der Waals surface area contributed by atoms with E-state index in [1.54, 1.807) is 12.3 Å². The minimum atomic E-state index is -3.53. The number of carbonyl (C=O) groups is 1. The number of halogens is 1. The van der Waals surface area contributed by atoms with Gasteiger partial charge >= 0.3 is 5.97 Å². The van der Waals surface area contributed by atoms with E-state index in [1.807, 2.05) is 26.0 Å². The lowest BCUT2D eigenvalue weighted by Crippen LogP contribution is -2.28. The average Bonchev–Trinajstić information content (AvgIpc) is 3.05. The number of hydrogen-bond acceptors (Lipinski definition) is 9. The molecule has 0 amide bonds. The number of sulfonamides is 1. The fraction of sp³-hybridized carbons (Fsp3) is 0.407. The fourth-order valence-electron chi connectivity index (χ4n) is 4.71. The van der Waals surface area contributed by atoms with Crippen molar-refractivity contribution in [2.45, 2.75) is 53.7 Å². The Morgan fingerprint density at radius 2 is 1.95 bits per heavy atom. The number of nitrogens with zero attached hydrogens (tertiary/aromatic N) is 4. The van der Waals surface area contributed by atoms with Crippen molar-refractivity contribution in [2.75, 3.05) is 29.0 Å². The van der Waals surface area contributed by atoms with E-state index < -0.39 is 16.0 Å². The van der Waals surface area contributed by atoms with Gasteiger partial charge in [-0.15, -0.1) is 0 Å². The van der Waals surface area contributed by atoms with Crippen LogP contribution < -0.4 is 14.4 Å². The highest BCUT2D eigenvalue weighted by Gasteiger charge is 2.25. The molecule has 0 fully saturated rings. The number of pyridine rings is 1. The number of rotatable bonds is 7. The van der Waals surface area contributed by atoms with E-state index in [-0.39, 0.29) is 23.4 Å². The average molecular weight is 574 g/mol. The molecule has 12 heteroatoms. The van der Waals surface area contributed by atoms with Crippen LogP contribution in [0.25, 0.3) is 11.1 Å². The SMILES string of the molecule is CC(=O)OCc1nc(C)c(C(C)C)c(N2CCOc3c(C)cc(-c4cnc(Cl)c(NS(C)(=O)=O)c4)cc3C2)n1. The topological polar surface area (TPSA) is 124 Å². The smallest absolute Gasteiger partial charge is 0.303 e. The highest BCUT2D eigenvalue weighted by atomic mass is 35.5. The largest absolute Gasteiger partial charge is 0.491 e. The van der Waals surface area contributed by atoms with Crippen LogP contribution in [0.1, 0.15) is 54.9 Å². The molecular formula is C27H32ClN5O5S. The molecule has 1 aromatic carbocycles. The number of hydrogen-bond donors (Lipinski definition) is 1. The zero-order valence-corrected chi connectivity index (χ0v) is 24.4. The summed E-state index contributed by atoms with van der Waals surface area (Å²) in [5.74, 6) is 1.80. The van der Waals surface area contributed by atoms with Gasteiger partial charge in [0.1, 0.15) is 18.2 Å². The monoisotopic (exact) mass is 573 g/mol. The van der Waals surface area contributed by atoms with Gasteiger partial charge in [-0.05, 0) is 49.1 Å². The number of esters is 1. The molecule has 0 unspecified atom stereocenters. The molecule has 0 atom stereocenters. The number of benzene rings is 1. The van der Waals surface area contributed by atoms with Gasteiger partial charge in [0, 0.05) is 42.0 Å². The lowest BCUT2D eigenvalue weighted by Gasteiger charge is -2.26. The van der Waals surface area contributed by atoms with Crippen molar-refractivity contribution in [2.24, 2.45) is 0 Å². The molecule has 39 heavy (non-hydrogen) atoms. The van der Waals surface area contributed by atoms with E-state index in [0.717, 1.165) is 45.8 Å². The first-order valence-electron chi connectivity index (χ1n) is 12.5. The number of fused-ring (bicyclic) bond motifs is 1. The van der Waals surface area contributed by atoms with E-state index in [1.165, 1.54) is 6.92 Å². The van der Waals surface area contributed by atoms with Crippen LogP contribution in [-0.2, 0) is 32.7 Å². The summed E-state index contributed by atoms with van der Waals surface area (Å²) < 4.78 is 37.4. The first kappa shape index (κ1) is 28.6. The number of ether oxygens (including phenoxy) is 2. The molecule has 4 rings (SSSR count). The molecule has 10 nitrogen and oxygen atoms in total. The second-order valence-corrected chi connectivity index (χ2v) is 12.0. The summed E-state index contributed by atoms with van der Waals surface area (Å²) in [6.07, 6.45) is 2.67. The van der Waals surface area contributed by atoms with Crippen molar-refractivity contribution in [1.29, 1.82) is 0 Å². The Kier molecular flexibility index (Phi) is 8.31. The van der Waals surface area contributed by atoms with Crippen LogP contribution in [0, 0.1) is 13.8 Å². The van der Waals surface area contributed by atoms with Gasteiger partial charge in [0.2, 0.25) is 10.0 Å². The molecule has 0 spiro atoms. The Bertz CT molecular complexity index is 1530. The third kappa shape index (κ3) is 6.77. The molecule has 1 aliphatic rings. The lowest BCUT2D eigenvalue weighted by atomic mass is 9.99. The molecule has 3 heterocycles. The van der Waals surface area contributed by atoms with Gasteiger partial charge in [-0.3, -0.25) is 9.52 Å². The van der Waals surface area contributed by atoms with Crippen LogP contribution in [0.5, 0.6) is 5.75 Å². The van der Waals surface area contributed by atoms with Gasteiger partial charge in [-0.1, -0.05) is 25.4 Å². The van der Waals surface area contributed by atoms with E-state index in [0.29, 0.717) is 31.1 Å². The lowest BCUT2D eigenvalue weighted by molar-refractivity contribution is -0.142. The van der Waals surface area contributed by atoms with Gasteiger partial charge in [0.05, 0.1) is 18.5 Å². The second-order valence-electron chi connectivity index (χ2n) is 9.89. The van der Waals surface area contributed by atoms with Crippen LogP contribution in [0.4, 0.5) is 11.5 Å². The summed E-state index contributed by atoms with van der Waals surface area (Å²) in [6, 6.07) is 5.66. The molecule has 3 aromatic rings. The summed E-state index contributed by atoms with van der Waals surface area (Å²) in [4.78, 5) is 27.1. The van der Waals surface area contributed by atoms with Gasteiger partial charge in [0.25, 0.3) is 0 Å². The summed E-state index contributed by atoms with van der Waals surface area (Å²) in [6.45, 7) is 11.0. The molecule has 1 N–H and O–H groups in total. The molecule has 0 saturated carbocycles. The number of carbonyl (C=O) groups excluding carboxylic acids is 1. The van der Waals surface area contributed by atoms with Gasteiger partial charge in [-0.2, -0.15) is 0 Å². The number of aryl methyl sites for hydroxylation is 2. The third-order valence-electron chi connectivity index (χ3n) is 6.23. The molecule has 208 valence electrons. The first-order valence-corrected chi connectivity index (χ1v) is 14.7. The van der Waals surface area contributed by atoms with Crippen molar-refractivity contribution in [1.82, 2.24) is 15.0 Å². The zero-order chi connectivity index (χ0) is 28.5. The van der Waals surface area contributed by atoms with Crippen LogP contribution in [0.15, 0.2) is 24.4 Å². The van der Waals surface area contributed by atoms with Crippen molar-refractivity contribution < 1.29 is 22.7 Å². The number of anilines is 2. The van der Waals surface area contributed by atoms with E-state index in [9.17, 15) is 13.2 Å². The van der Waals surface area contributed by atoms with Crippen LogP contribution in [0.2, 0.25) is 5.15 Å². The first-order chi connectivity index (χ1) is 18.3. The molecule has 1 aliphatic heterocycles. The molecule has 0 saturated heterocycles. The highest BCUT2D eigenvalue weighted by Crippen LogP contribution is 2.37. The van der Waals surface area contributed by atoms with E-state index >= 15 is 0 Å². The Morgan fingerprint density at radius 1 is 1.21 bits per heavy atom. The molecule has 2 aromatic heterocycles. The van der Waals surface area contributed by atoms with Crippen LogP contribution in [0.3, 0.4) is 0 Å². The standard InChI is InChI=1S/C27H32ClN5O5S/c1-15(2)24-17(4)30-23(14-38-18(5)34)31-27(24)33-7-8-37-25-16(3)9-19(10-21(25)13-33)20-11-22(26(28)29-12-20)32-39(6,35)36/h9-12,15,32H,7-8,13-14H2,1-6H3. The number of nitrogens with one attached hydrogen (secondary N) is 1. The minimum Gasteiger partial charge on any atom is -0.491 e.